The van der Waals surface area contributed by atoms with Crippen molar-refractivity contribution in [2.45, 2.75) is 58.8 Å². The van der Waals surface area contributed by atoms with Gasteiger partial charge in [-0.15, -0.1) is 0 Å². The number of rotatable bonds is 10. The van der Waals surface area contributed by atoms with Gasteiger partial charge in [-0.05, 0) is 93.8 Å². The third-order valence-corrected chi connectivity index (χ3v) is 9.94. The molecule has 58 heavy (non-hydrogen) atoms. The maximum Gasteiger partial charge on any atom is 0.407 e. The molecule has 0 aliphatic carbocycles. The van der Waals surface area contributed by atoms with Crippen molar-refractivity contribution in [3.63, 3.8) is 0 Å². The van der Waals surface area contributed by atoms with Gasteiger partial charge in [0.05, 0.1) is 25.0 Å². The average Bonchev–Trinajstić information content (AvgIpc) is 3.66. The van der Waals surface area contributed by atoms with Crippen LogP contribution in [0.15, 0.2) is 102 Å². The van der Waals surface area contributed by atoms with Crippen LogP contribution in [0.25, 0.3) is 27.9 Å². The Morgan fingerprint density at radius 3 is 2.47 bits per heavy atom. The number of nitrogens with one attached hydrogen (secondary N) is 2. The van der Waals surface area contributed by atoms with Gasteiger partial charge in [-0.1, -0.05) is 24.3 Å². The van der Waals surface area contributed by atoms with Gasteiger partial charge in [-0.2, -0.15) is 4.98 Å². The highest BCUT2D eigenvalue weighted by Gasteiger charge is 2.28. The highest BCUT2D eigenvalue weighted by molar-refractivity contribution is 5.95. The van der Waals surface area contributed by atoms with Crippen LogP contribution >= 0.6 is 0 Å². The predicted molar refractivity (Wildman–Crippen MR) is 215 cm³/mol. The third kappa shape index (κ3) is 7.75. The summed E-state index contributed by atoms with van der Waals surface area (Å²) >= 11 is 0. The van der Waals surface area contributed by atoms with Crippen LogP contribution < -0.4 is 16.3 Å². The first-order valence-electron chi connectivity index (χ1n) is 19.0. The zero-order chi connectivity index (χ0) is 40.6. The molecule has 3 aromatic carbocycles. The second kappa shape index (κ2) is 15.6. The Labute approximate surface area is 331 Å². The van der Waals surface area contributed by atoms with Gasteiger partial charge in [-0.3, -0.25) is 13.9 Å². The van der Waals surface area contributed by atoms with Gasteiger partial charge in [0.25, 0.3) is 5.91 Å². The molecule has 5 heterocycles. The standard InChI is InChI=1S/C43H41F2N9O4/c1-43(2,3)58-41(56)47-20-8-21-52-38-35(24-48-40(50-38)49-30-9-5-4-6-10-30)54(42(52)57)31-16-13-27(14-17-31)39(55)51-22-18-32-33-11-7-19-46-37(33)53(36(32)26-51)25-28-12-15-29(44)23-34(28)45/h4-7,9-17,19,23-24H,8,18,20-22,25-26H2,1-3H3,(H,47,56)(H,48,49,50). The number of aryl methyl sites for hydroxylation is 1. The molecular weight excluding hydrogens is 745 g/mol. The summed E-state index contributed by atoms with van der Waals surface area (Å²) in [6, 6.07) is 23.6. The molecule has 2 amide bonds. The molecule has 0 radical (unpaired) electrons. The summed E-state index contributed by atoms with van der Waals surface area (Å²) in [5.41, 5.74) is 4.45. The van der Waals surface area contributed by atoms with Crippen molar-refractivity contribution in [2.24, 2.45) is 0 Å². The Morgan fingerprint density at radius 1 is 0.914 bits per heavy atom. The fraction of sp³-hybridized carbons (Fsp3) is 0.256. The molecule has 7 aromatic rings. The number of aromatic nitrogens is 6. The van der Waals surface area contributed by atoms with Gasteiger partial charge in [0.1, 0.15) is 28.4 Å². The fourth-order valence-corrected chi connectivity index (χ4v) is 7.30. The second-order valence-corrected chi connectivity index (χ2v) is 15.1. The fourth-order valence-electron chi connectivity index (χ4n) is 7.30. The van der Waals surface area contributed by atoms with Crippen LogP contribution in [0.3, 0.4) is 0 Å². The van der Waals surface area contributed by atoms with E-state index in [1.165, 1.54) is 16.7 Å². The van der Waals surface area contributed by atoms with Gasteiger partial charge in [0.2, 0.25) is 5.95 Å². The van der Waals surface area contributed by atoms with Gasteiger partial charge in [0, 0.05) is 59.8 Å². The Morgan fingerprint density at radius 2 is 1.71 bits per heavy atom. The molecule has 0 spiro atoms. The van der Waals surface area contributed by atoms with E-state index in [1.807, 2.05) is 47.0 Å². The Balaban J connectivity index is 1.06. The maximum absolute atomic E-state index is 14.8. The van der Waals surface area contributed by atoms with Crippen molar-refractivity contribution in [3.8, 4) is 5.69 Å². The van der Waals surface area contributed by atoms with Crippen LogP contribution in [0.5, 0.6) is 0 Å². The van der Waals surface area contributed by atoms with Crippen LogP contribution in [0.2, 0.25) is 0 Å². The molecule has 13 nitrogen and oxygen atoms in total. The minimum atomic E-state index is -0.652. The molecule has 0 atom stereocenters. The van der Waals surface area contributed by atoms with Crippen molar-refractivity contribution >= 4 is 45.8 Å². The Hall–Kier alpha value is -6.90. The number of anilines is 2. The second-order valence-electron chi connectivity index (χ2n) is 15.1. The number of carbonyl (C=O) groups is 2. The highest BCUT2D eigenvalue weighted by Crippen LogP contribution is 2.32. The van der Waals surface area contributed by atoms with Crippen LogP contribution in [-0.4, -0.2) is 64.2 Å². The van der Waals surface area contributed by atoms with Gasteiger partial charge in [-0.25, -0.2) is 28.3 Å². The molecule has 296 valence electrons. The normalized spacial score (nSPS) is 12.8. The topological polar surface area (TPSA) is 141 Å². The molecule has 0 saturated carbocycles. The summed E-state index contributed by atoms with van der Waals surface area (Å²) < 4.78 is 38.8. The lowest BCUT2D eigenvalue weighted by Crippen LogP contribution is -2.36. The molecule has 0 bridgehead atoms. The van der Waals surface area contributed by atoms with Crippen molar-refractivity contribution in [3.05, 3.63) is 142 Å². The number of halogens is 2. The Kier molecular flexibility index (Phi) is 10.2. The summed E-state index contributed by atoms with van der Waals surface area (Å²) in [6.45, 7) is 6.72. The number of hydrogen-bond acceptors (Lipinski definition) is 8. The number of amides is 2. The van der Waals surface area contributed by atoms with E-state index in [-0.39, 0.29) is 37.8 Å². The van der Waals surface area contributed by atoms with Crippen LogP contribution in [0.4, 0.5) is 25.2 Å². The minimum absolute atomic E-state index is 0.127. The minimum Gasteiger partial charge on any atom is -0.444 e. The van der Waals surface area contributed by atoms with E-state index in [4.69, 9.17) is 9.72 Å². The lowest BCUT2D eigenvalue weighted by molar-refractivity contribution is 0.0526. The van der Waals surface area contributed by atoms with Crippen molar-refractivity contribution in [2.75, 3.05) is 18.4 Å². The number of ether oxygens (including phenoxy) is 1. The summed E-state index contributed by atoms with van der Waals surface area (Å²) in [7, 11) is 0. The number of pyridine rings is 1. The SMILES string of the molecule is CC(C)(C)OC(=O)NCCCn1c(=O)n(-c2ccc(C(=O)N3CCc4c(n(Cc5ccc(F)cc5F)c5ncccc45)C3)cc2)c2cnc(Nc3ccccc3)nc21. The van der Waals surface area contributed by atoms with E-state index < -0.39 is 23.3 Å². The molecule has 0 saturated heterocycles. The van der Waals surface area contributed by atoms with E-state index in [2.05, 4.69) is 20.6 Å². The number of hydrogen-bond donors (Lipinski definition) is 2. The summed E-state index contributed by atoms with van der Waals surface area (Å²) in [5, 5.41) is 6.86. The average molecular weight is 786 g/mol. The first kappa shape index (κ1) is 38.0. The lowest BCUT2D eigenvalue weighted by Gasteiger charge is -2.29. The van der Waals surface area contributed by atoms with Crippen LogP contribution in [-0.2, 0) is 30.8 Å². The monoisotopic (exact) mass is 785 g/mol. The molecular formula is C43H41F2N9O4. The van der Waals surface area contributed by atoms with Crippen LogP contribution in [0.1, 0.15) is 54.4 Å². The van der Waals surface area contributed by atoms with E-state index in [9.17, 15) is 23.2 Å². The molecule has 0 unspecified atom stereocenters. The van der Waals surface area contributed by atoms with Crippen molar-refractivity contribution in [1.29, 1.82) is 0 Å². The number of imidazole rings is 1. The summed E-state index contributed by atoms with van der Waals surface area (Å²) in [6.07, 6.45) is 3.71. The number of fused-ring (bicyclic) bond motifs is 4. The smallest absolute Gasteiger partial charge is 0.407 e. The highest BCUT2D eigenvalue weighted by atomic mass is 19.1. The van der Waals surface area contributed by atoms with Crippen LogP contribution in [0, 0.1) is 11.6 Å². The Bertz CT molecular complexity index is 2720. The zero-order valence-corrected chi connectivity index (χ0v) is 32.2. The maximum atomic E-state index is 14.8. The molecule has 4 aromatic heterocycles. The molecule has 15 heteroatoms. The van der Waals surface area contributed by atoms with Gasteiger partial charge >= 0.3 is 11.8 Å². The van der Waals surface area contributed by atoms with Gasteiger partial charge in [0.15, 0.2) is 5.65 Å². The van der Waals surface area contributed by atoms with E-state index in [0.717, 1.165) is 28.4 Å². The van der Waals surface area contributed by atoms with Crippen molar-refractivity contribution < 1.29 is 23.1 Å². The molecule has 1 aliphatic rings. The summed E-state index contributed by atoms with van der Waals surface area (Å²) in [5.74, 6) is -1.20. The molecule has 0 fully saturated rings. The number of carbonyl (C=O) groups excluding carboxylic acids is 2. The van der Waals surface area contributed by atoms with Crippen molar-refractivity contribution in [1.82, 2.24) is 38.9 Å². The lowest BCUT2D eigenvalue weighted by atomic mass is 10.0. The number of alkyl carbamates (subject to hydrolysis) is 1. The van der Waals surface area contributed by atoms with E-state index in [0.29, 0.717) is 59.0 Å². The predicted octanol–water partition coefficient (Wildman–Crippen LogP) is 7.12. The van der Waals surface area contributed by atoms with E-state index >= 15 is 0 Å². The third-order valence-electron chi connectivity index (χ3n) is 9.94. The number of nitrogens with zero attached hydrogens (tertiary/aromatic N) is 7. The van der Waals surface area contributed by atoms with E-state index in [1.54, 1.807) is 66.9 Å². The molecule has 2 N–H and O–H groups in total. The molecule has 8 rings (SSSR count). The number of benzene rings is 3. The summed E-state index contributed by atoms with van der Waals surface area (Å²) in [4.78, 5) is 56.0. The first-order chi connectivity index (χ1) is 27.9. The quantitative estimate of drug-likeness (QED) is 0.140. The zero-order valence-electron chi connectivity index (χ0n) is 32.2. The largest absolute Gasteiger partial charge is 0.444 e. The number of para-hydroxylation sites is 1. The first-order valence-corrected chi connectivity index (χ1v) is 19.0. The molecule has 1 aliphatic heterocycles. The van der Waals surface area contributed by atoms with Gasteiger partial charge < -0.3 is 24.8 Å².